The second-order valence-electron chi connectivity index (χ2n) is 12.6. The molecule has 1 aliphatic heterocycles. The van der Waals surface area contributed by atoms with Gasteiger partial charge in [-0.05, 0) is 42.8 Å². The molecule has 1 saturated heterocycles. The average Bonchev–Trinajstić information content (AvgIpc) is 3.70. The Morgan fingerprint density at radius 1 is 0.852 bits per heavy atom. The van der Waals surface area contributed by atoms with E-state index in [9.17, 15) is 19.2 Å². The predicted molar refractivity (Wildman–Crippen MR) is 202 cm³/mol. The normalized spacial score (nSPS) is 18.1. The average molecular weight is 753 g/mol. The Bertz CT molecular complexity index is 2140. The number of thioether (sulfide) groups is 1. The molecule has 15 heteroatoms. The van der Waals surface area contributed by atoms with Crippen molar-refractivity contribution in [3.8, 4) is 0 Å². The maximum absolute atomic E-state index is 14.0. The smallest absolute Gasteiger partial charge is 0.338 e. The Morgan fingerprint density at radius 3 is 2.00 bits per heavy atom. The Kier molecular flexibility index (Phi) is 12.5. The van der Waals surface area contributed by atoms with Gasteiger partial charge in [0.1, 0.15) is 18.2 Å². The first-order valence-corrected chi connectivity index (χ1v) is 18.5. The van der Waals surface area contributed by atoms with Crippen molar-refractivity contribution in [2.24, 2.45) is 4.99 Å². The fraction of sp³-hybridized carbons (Fsp3) is 0.308. The van der Waals surface area contributed by atoms with E-state index < -0.39 is 54.7 Å². The van der Waals surface area contributed by atoms with Gasteiger partial charge in [-0.25, -0.2) is 38.7 Å². The van der Waals surface area contributed by atoms with E-state index in [1.807, 2.05) is 0 Å². The number of benzene rings is 3. The number of unbranched alkanes of at least 4 members (excludes halogenated alkanes) is 2. The minimum absolute atomic E-state index is 0.125. The zero-order valence-corrected chi connectivity index (χ0v) is 30.8. The molecule has 1 aliphatic rings. The summed E-state index contributed by atoms with van der Waals surface area (Å²) in [7, 11) is 3.60. The molecule has 14 nitrogen and oxygen atoms in total. The van der Waals surface area contributed by atoms with Crippen LogP contribution in [0.3, 0.4) is 0 Å². The lowest BCUT2D eigenvalue weighted by atomic mass is 10.1. The molecule has 6 rings (SSSR count). The van der Waals surface area contributed by atoms with Gasteiger partial charge in [-0.15, -0.1) is 0 Å². The van der Waals surface area contributed by atoms with Gasteiger partial charge < -0.3 is 28.8 Å². The summed E-state index contributed by atoms with van der Waals surface area (Å²) >= 11 is 1.42. The molecule has 280 valence electrons. The first-order chi connectivity index (χ1) is 26.2. The molecule has 0 spiro atoms. The summed E-state index contributed by atoms with van der Waals surface area (Å²) in [4.78, 5) is 72.8. The number of rotatable bonds is 15. The van der Waals surface area contributed by atoms with E-state index in [0.717, 1.165) is 25.0 Å². The number of hydrogen-bond acceptors (Lipinski definition) is 12. The van der Waals surface area contributed by atoms with Gasteiger partial charge in [-0.1, -0.05) is 86.1 Å². The highest BCUT2D eigenvalue weighted by Crippen LogP contribution is 2.37. The molecule has 0 saturated carbocycles. The topological polar surface area (TPSA) is 167 Å². The van der Waals surface area contributed by atoms with Crippen LogP contribution in [0.15, 0.2) is 106 Å². The van der Waals surface area contributed by atoms with Gasteiger partial charge >= 0.3 is 23.6 Å². The third-order valence-electron chi connectivity index (χ3n) is 8.35. The van der Waals surface area contributed by atoms with E-state index in [-0.39, 0.29) is 33.7 Å². The summed E-state index contributed by atoms with van der Waals surface area (Å²) in [6.45, 7) is 1.70. The number of hydrogen-bond donors (Lipinski definition) is 1. The standard InChI is InChI=1S/C39H40N6O8S/c1-4-5-15-22-54-38-42-32(40-24-44(2)3)29-33(43-38)45(39(49)41-29)34-31(53-37(48)27-20-13-8-14-21-27)30(52-36(47)26-18-11-7-12-19-26)28(51-34)23-50-35(46)25-16-9-6-10-17-25/h6-14,16-21,24,28,30-31,34H,4-5,15,22-23H2,1-3H3,(H,41,49)/t28-,30-,31-,34-/m1/s1. The Hall–Kier alpha value is -5.80. The quantitative estimate of drug-likeness (QED) is 0.0259. The minimum atomic E-state index is -1.42. The van der Waals surface area contributed by atoms with E-state index >= 15 is 0 Å². The van der Waals surface area contributed by atoms with Gasteiger partial charge in [-0.2, -0.15) is 0 Å². The van der Waals surface area contributed by atoms with Crippen LogP contribution in [0.4, 0.5) is 5.82 Å². The van der Waals surface area contributed by atoms with Crippen molar-refractivity contribution >= 4 is 53.0 Å². The van der Waals surface area contributed by atoms with Crippen LogP contribution in [-0.4, -0.2) is 93.4 Å². The first-order valence-electron chi connectivity index (χ1n) is 17.5. The highest BCUT2D eigenvalue weighted by Gasteiger charge is 2.52. The van der Waals surface area contributed by atoms with Crippen molar-refractivity contribution in [2.75, 3.05) is 26.5 Å². The molecule has 3 heterocycles. The Balaban J connectivity index is 1.45. The lowest BCUT2D eigenvalue weighted by molar-refractivity contribution is -0.0618. The Morgan fingerprint density at radius 2 is 1.43 bits per heavy atom. The molecule has 1 N–H and O–H groups in total. The van der Waals surface area contributed by atoms with Crippen molar-refractivity contribution in [1.29, 1.82) is 0 Å². The van der Waals surface area contributed by atoms with Gasteiger partial charge in [0.05, 0.1) is 23.0 Å². The Labute approximate surface area is 315 Å². The fourth-order valence-corrected chi connectivity index (χ4v) is 6.55. The number of H-pyrrole nitrogens is 1. The number of nitrogens with zero attached hydrogens (tertiary/aromatic N) is 5. The number of aromatic amines is 1. The maximum Gasteiger partial charge on any atom is 0.338 e. The number of carbonyl (C=O) groups is 3. The third-order valence-corrected chi connectivity index (χ3v) is 9.29. The number of fused-ring (bicyclic) bond motifs is 1. The van der Waals surface area contributed by atoms with Gasteiger partial charge in [0.15, 0.2) is 35.1 Å². The molecule has 0 aliphatic carbocycles. The largest absolute Gasteiger partial charge is 0.459 e. The number of nitrogens with one attached hydrogen (secondary N) is 1. The van der Waals surface area contributed by atoms with E-state index in [4.69, 9.17) is 23.9 Å². The summed E-state index contributed by atoms with van der Waals surface area (Å²) in [6, 6.07) is 24.8. The van der Waals surface area contributed by atoms with Crippen LogP contribution < -0.4 is 5.69 Å². The number of aromatic nitrogens is 4. The molecule has 5 aromatic rings. The van der Waals surface area contributed by atoms with Crippen molar-refractivity contribution in [3.63, 3.8) is 0 Å². The molecule has 2 aromatic heterocycles. The van der Waals surface area contributed by atoms with E-state index in [1.165, 1.54) is 16.3 Å². The molecule has 4 atom stereocenters. The molecule has 0 unspecified atom stereocenters. The fourth-order valence-electron chi connectivity index (χ4n) is 5.71. The molecule has 54 heavy (non-hydrogen) atoms. The van der Waals surface area contributed by atoms with Crippen LogP contribution >= 0.6 is 11.8 Å². The second-order valence-corrected chi connectivity index (χ2v) is 13.7. The number of aliphatic imine (C=N–C) groups is 1. The molecule has 3 aromatic carbocycles. The van der Waals surface area contributed by atoms with Crippen LogP contribution in [-0.2, 0) is 18.9 Å². The summed E-state index contributed by atoms with van der Waals surface area (Å²) in [5.74, 6) is -1.22. The summed E-state index contributed by atoms with van der Waals surface area (Å²) in [5, 5.41) is 0.369. The van der Waals surface area contributed by atoms with E-state index in [1.54, 1.807) is 116 Å². The first kappa shape index (κ1) is 37.9. The van der Waals surface area contributed by atoms with Crippen LogP contribution in [0.25, 0.3) is 11.2 Å². The molecule has 0 amide bonds. The second kappa shape index (κ2) is 17.8. The summed E-state index contributed by atoms with van der Waals surface area (Å²) < 4.78 is 25.5. The van der Waals surface area contributed by atoms with Crippen LogP contribution in [0.5, 0.6) is 0 Å². The van der Waals surface area contributed by atoms with Crippen LogP contribution in [0, 0.1) is 0 Å². The highest BCUT2D eigenvalue weighted by atomic mass is 32.2. The molecule has 0 radical (unpaired) electrons. The predicted octanol–water partition coefficient (Wildman–Crippen LogP) is 5.83. The number of esters is 3. The molecule has 0 bridgehead atoms. The zero-order chi connectivity index (χ0) is 38.0. The molecular weight excluding hydrogens is 713 g/mol. The lowest BCUT2D eigenvalue weighted by Gasteiger charge is -2.24. The monoisotopic (exact) mass is 752 g/mol. The van der Waals surface area contributed by atoms with Crippen molar-refractivity contribution in [1.82, 2.24) is 24.4 Å². The molecular formula is C39H40N6O8S. The summed E-state index contributed by atoms with van der Waals surface area (Å²) in [6.07, 6.45) is -0.841. The maximum atomic E-state index is 14.0. The van der Waals surface area contributed by atoms with Crippen molar-refractivity contribution in [3.05, 3.63) is 118 Å². The van der Waals surface area contributed by atoms with Gasteiger partial charge in [0, 0.05) is 19.8 Å². The third kappa shape index (κ3) is 9.04. The van der Waals surface area contributed by atoms with Crippen LogP contribution in [0.1, 0.15) is 63.5 Å². The molecule has 1 fully saturated rings. The van der Waals surface area contributed by atoms with Crippen LogP contribution in [0.2, 0.25) is 0 Å². The van der Waals surface area contributed by atoms with Gasteiger partial charge in [0.25, 0.3) is 0 Å². The van der Waals surface area contributed by atoms with Gasteiger partial charge in [0.2, 0.25) is 0 Å². The number of carbonyl (C=O) groups excluding carboxylic acids is 3. The van der Waals surface area contributed by atoms with Crippen molar-refractivity contribution < 1.29 is 33.3 Å². The summed E-state index contributed by atoms with van der Waals surface area (Å²) in [5.41, 5.74) is 0.386. The zero-order valence-electron chi connectivity index (χ0n) is 30.0. The lowest BCUT2D eigenvalue weighted by Crippen LogP contribution is -2.42. The number of imidazole rings is 1. The number of ether oxygens (including phenoxy) is 4. The minimum Gasteiger partial charge on any atom is -0.459 e. The van der Waals surface area contributed by atoms with Crippen molar-refractivity contribution in [2.45, 2.75) is 55.9 Å². The van der Waals surface area contributed by atoms with E-state index in [0.29, 0.717) is 5.16 Å². The SMILES string of the molecule is CCCCCSc1nc(N=CN(C)C)c2[nH]c(=O)n([C@@H]3O[C@H](COC(=O)c4ccccc4)[C@@H](OC(=O)c4ccccc4)[C@H]3OC(=O)c3ccccc3)c2n1. The highest BCUT2D eigenvalue weighted by molar-refractivity contribution is 7.99. The van der Waals surface area contributed by atoms with Gasteiger partial charge in [-0.3, -0.25) is 0 Å². The van der Waals surface area contributed by atoms with E-state index in [2.05, 4.69) is 21.9 Å².